The molecule has 2 rings (SSSR count). The number of amides is 1. The molecule has 1 aromatic heterocycles. The van der Waals surface area contributed by atoms with Crippen LogP contribution in [0.15, 0.2) is 40.6 Å². The monoisotopic (exact) mass is 397 g/mol. The van der Waals surface area contributed by atoms with Crippen LogP contribution < -0.4 is 10.5 Å². The van der Waals surface area contributed by atoms with Crippen LogP contribution in [-0.4, -0.2) is 34.3 Å². The number of hydrogen-bond acceptors (Lipinski definition) is 6. The number of nitrogens with two attached hydrogens (primary N) is 1. The third-order valence-corrected chi connectivity index (χ3v) is 5.67. The van der Waals surface area contributed by atoms with Crippen LogP contribution in [0.2, 0.25) is 0 Å². The molecule has 0 aliphatic heterocycles. The first-order valence-corrected chi connectivity index (χ1v) is 10.7. The average molecular weight is 398 g/mol. The van der Waals surface area contributed by atoms with E-state index >= 15 is 0 Å². The molecule has 0 aliphatic rings. The lowest BCUT2D eigenvalue weighted by molar-refractivity contribution is -0.115. The van der Waals surface area contributed by atoms with Crippen molar-refractivity contribution < 1.29 is 13.2 Å². The number of carbonyl (C=O) groups excluding carboxylic acids is 1. The quantitative estimate of drug-likeness (QED) is 0.494. The maximum absolute atomic E-state index is 12.4. The van der Waals surface area contributed by atoms with Crippen molar-refractivity contribution in [2.24, 2.45) is 5.14 Å². The van der Waals surface area contributed by atoms with Gasteiger partial charge in [-0.25, -0.2) is 13.6 Å². The Bertz CT molecular complexity index is 851. The number of nitrogens with zero attached hydrogens (tertiary/aromatic N) is 3. The average Bonchev–Trinajstić information content (AvgIpc) is 3.01. The van der Waals surface area contributed by atoms with E-state index in [9.17, 15) is 13.2 Å². The lowest BCUT2D eigenvalue weighted by Crippen LogP contribution is -2.23. The summed E-state index contributed by atoms with van der Waals surface area (Å²) in [7, 11) is -3.82. The van der Waals surface area contributed by atoms with Crippen LogP contribution in [0.5, 0.6) is 0 Å². The van der Waals surface area contributed by atoms with Crippen LogP contribution in [0, 0.1) is 0 Å². The van der Waals surface area contributed by atoms with Gasteiger partial charge in [0.15, 0.2) is 5.16 Å². The second kappa shape index (κ2) is 9.15. The molecular formula is C16H23N5O3S2. The van der Waals surface area contributed by atoms with Crippen molar-refractivity contribution in [3.8, 4) is 0 Å². The number of nitrogens with one attached hydrogen (secondary N) is 1. The fourth-order valence-electron chi connectivity index (χ4n) is 2.23. The summed E-state index contributed by atoms with van der Waals surface area (Å²) >= 11 is 1.31. The molecule has 8 nitrogen and oxygen atoms in total. The van der Waals surface area contributed by atoms with Crippen molar-refractivity contribution in [1.82, 2.24) is 14.8 Å². The molecule has 0 bridgehead atoms. The molecule has 0 spiro atoms. The van der Waals surface area contributed by atoms with Crippen LogP contribution in [0.4, 0.5) is 5.69 Å². The van der Waals surface area contributed by atoms with Crippen LogP contribution in [-0.2, 0) is 21.4 Å². The Morgan fingerprint density at radius 1 is 1.38 bits per heavy atom. The summed E-state index contributed by atoms with van der Waals surface area (Å²) in [5, 5.41) is 16.1. The number of aryl methyl sites for hydroxylation is 1. The van der Waals surface area contributed by atoms with Gasteiger partial charge in [-0.2, -0.15) is 0 Å². The Morgan fingerprint density at radius 3 is 2.85 bits per heavy atom. The first-order chi connectivity index (χ1) is 12.3. The van der Waals surface area contributed by atoms with Gasteiger partial charge in [-0.15, -0.1) is 10.2 Å². The number of unbranched alkanes of at least 4 members (excludes halogenated alkanes) is 2. The molecule has 2 aromatic rings. The number of benzene rings is 1. The number of hydrogen-bond donors (Lipinski definition) is 2. The molecule has 0 unspecified atom stereocenters. The summed E-state index contributed by atoms with van der Waals surface area (Å²) in [5.41, 5.74) is 0.374. The molecule has 0 radical (unpaired) electrons. The van der Waals surface area contributed by atoms with Crippen molar-refractivity contribution in [1.29, 1.82) is 0 Å². The molecule has 26 heavy (non-hydrogen) atoms. The van der Waals surface area contributed by atoms with Gasteiger partial charge in [-0.3, -0.25) is 4.79 Å². The van der Waals surface area contributed by atoms with E-state index in [0.717, 1.165) is 25.8 Å². The highest BCUT2D eigenvalue weighted by Crippen LogP contribution is 2.23. The highest BCUT2D eigenvalue weighted by molar-refractivity contribution is 8.00. The third kappa shape index (κ3) is 5.82. The van der Waals surface area contributed by atoms with E-state index in [1.54, 1.807) is 19.3 Å². The van der Waals surface area contributed by atoms with E-state index in [0.29, 0.717) is 10.8 Å². The van der Waals surface area contributed by atoms with E-state index in [1.807, 2.05) is 4.57 Å². The maximum atomic E-state index is 12.4. The second-order valence-electron chi connectivity index (χ2n) is 5.84. The Hall–Kier alpha value is -1.91. The standard InChI is InChI=1S/C16H23N5O3S2/c1-3-4-5-9-21-11-18-20-16(21)25-12(2)15(22)19-13-7-6-8-14(10-13)26(17,23)24/h6-8,10-12H,3-5,9H2,1-2H3,(H,19,22)(H2,17,23,24)/t12-/m1/s1. The molecule has 1 amide bonds. The fourth-order valence-corrected chi connectivity index (χ4v) is 3.64. The topological polar surface area (TPSA) is 120 Å². The normalized spacial score (nSPS) is 12.7. The molecule has 0 saturated carbocycles. The van der Waals surface area contributed by atoms with E-state index in [1.165, 1.54) is 30.0 Å². The molecular weight excluding hydrogens is 374 g/mol. The van der Waals surface area contributed by atoms with Crippen LogP contribution >= 0.6 is 11.8 Å². The summed E-state index contributed by atoms with van der Waals surface area (Å²) < 4.78 is 24.7. The Morgan fingerprint density at radius 2 is 2.15 bits per heavy atom. The minimum atomic E-state index is -3.82. The van der Waals surface area contributed by atoms with Gasteiger partial charge in [0, 0.05) is 12.2 Å². The smallest absolute Gasteiger partial charge is 0.238 e. The first kappa shape index (κ1) is 20.4. The van der Waals surface area contributed by atoms with Gasteiger partial charge < -0.3 is 9.88 Å². The molecule has 10 heteroatoms. The van der Waals surface area contributed by atoms with Gasteiger partial charge in [0.1, 0.15) is 6.33 Å². The summed E-state index contributed by atoms with van der Waals surface area (Å²) in [5.74, 6) is -0.260. The number of aromatic nitrogens is 3. The third-order valence-electron chi connectivity index (χ3n) is 3.66. The van der Waals surface area contributed by atoms with Gasteiger partial charge in [-0.05, 0) is 31.5 Å². The molecule has 1 atom stereocenters. The zero-order valence-corrected chi connectivity index (χ0v) is 16.4. The van der Waals surface area contributed by atoms with E-state index < -0.39 is 15.3 Å². The first-order valence-electron chi connectivity index (χ1n) is 8.29. The number of sulfonamides is 1. The number of thioether (sulfide) groups is 1. The predicted molar refractivity (Wildman–Crippen MR) is 101 cm³/mol. The van der Waals surface area contributed by atoms with Crippen LogP contribution in [0.25, 0.3) is 0 Å². The van der Waals surface area contributed by atoms with Gasteiger partial charge in [-0.1, -0.05) is 37.6 Å². The minimum absolute atomic E-state index is 0.0497. The highest BCUT2D eigenvalue weighted by atomic mass is 32.2. The van der Waals surface area contributed by atoms with Crippen molar-refractivity contribution >= 4 is 33.4 Å². The summed E-state index contributed by atoms with van der Waals surface area (Å²) in [6.45, 7) is 4.71. The summed E-state index contributed by atoms with van der Waals surface area (Å²) in [6.07, 6.45) is 4.95. The van der Waals surface area contributed by atoms with Crippen molar-refractivity contribution in [2.45, 2.75) is 55.0 Å². The fraction of sp³-hybridized carbons (Fsp3) is 0.438. The molecule has 0 fully saturated rings. The summed E-state index contributed by atoms with van der Waals surface area (Å²) in [4.78, 5) is 12.4. The summed E-state index contributed by atoms with van der Waals surface area (Å²) in [6, 6.07) is 5.84. The second-order valence-corrected chi connectivity index (χ2v) is 8.71. The van der Waals surface area contributed by atoms with Gasteiger partial charge in [0.2, 0.25) is 15.9 Å². The van der Waals surface area contributed by atoms with Gasteiger partial charge in [0.05, 0.1) is 10.1 Å². The molecule has 0 saturated heterocycles. The van der Waals surface area contributed by atoms with Crippen molar-refractivity contribution in [3.05, 3.63) is 30.6 Å². The van der Waals surface area contributed by atoms with E-state index in [2.05, 4.69) is 22.4 Å². The van der Waals surface area contributed by atoms with Gasteiger partial charge in [0.25, 0.3) is 0 Å². The van der Waals surface area contributed by atoms with Crippen molar-refractivity contribution in [2.75, 3.05) is 5.32 Å². The SMILES string of the molecule is CCCCCn1cnnc1S[C@H](C)C(=O)Nc1cccc(S(N)(=O)=O)c1. The molecule has 1 heterocycles. The number of carbonyl (C=O) groups is 1. The van der Waals surface area contributed by atoms with Gasteiger partial charge >= 0.3 is 0 Å². The Kier molecular flexibility index (Phi) is 7.18. The van der Waals surface area contributed by atoms with Crippen LogP contribution in [0.3, 0.4) is 0 Å². The number of anilines is 1. The molecule has 1 aromatic carbocycles. The lowest BCUT2D eigenvalue weighted by Gasteiger charge is -2.13. The Balaban J connectivity index is 1.99. The van der Waals surface area contributed by atoms with Crippen molar-refractivity contribution in [3.63, 3.8) is 0 Å². The Labute approximate surface area is 157 Å². The minimum Gasteiger partial charge on any atom is -0.325 e. The largest absolute Gasteiger partial charge is 0.325 e. The number of rotatable bonds is 9. The lowest BCUT2D eigenvalue weighted by atomic mass is 10.2. The number of primary sulfonamides is 1. The zero-order valence-electron chi connectivity index (χ0n) is 14.8. The molecule has 142 valence electrons. The molecule has 0 aliphatic carbocycles. The molecule has 3 N–H and O–H groups in total. The van der Waals surface area contributed by atoms with E-state index in [-0.39, 0.29) is 10.8 Å². The predicted octanol–water partition coefficient (Wildman–Crippen LogP) is 2.24. The highest BCUT2D eigenvalue weighted by Gasteiger charge is 2.18. The van der Waals surface area contributed by atoms with Crippen LogP contribution in [0.1, 0.15) is 33.1 Å². The maximum Gasteiger partial charge on any atom is 0.238 e. The zero-order chi connectivity index (χ0) is 19.2. The van der Waals surface area contributed by atoms with E-state index in [4.69, 9.17) is 5.14 Å².